The van der Waals surface area contributed by atoms with E-state index in [2.05, 4.69) is 20.1 Å². The Morgan fingerprint density at radius 2 is 2.00 bits per heavy atom. The molecule has 0 atom stereocenters. The number of nitrogens with zero attached hydrogens (tertiary/aromatic N) is 2. The van der Waals surface area contributed by atoms with Crippen LogP contribution in [0.25, 0.3) is 10.6 Å². The van der Waals surface area contributed by atoms with Crippen molar-refractivity contribution < 1.29 is 12.9 Å². The average molecular weight is 395 g/mol. The van der Waals surface area contributed by atoms with Crippen molar-refractivity contribution in [3.8, 4) is 10.6 Å². The predicted molar refractivity (Wildman–Crippen MR) is 101 cm³/mol. The lowest BCUT2D eigenvalue weighted by molar-refractivity contribution is 0.392. The van der Waals surface area contributed by atoms with Crippen LogP contribution in [0.4, 0.5) is 0 Å². The summed E-state index contributed by atoms with van der Waals surface area (Å²) in [5.74, 6) is 0.790. The second-order valence-electron chi connectivity index (χ2n) is 6.27. The maximum Gasteiger partial charge on any atom is 0.241 e. The van der Waals surface area contributed by atoms with Crippen LogP contribution in [-0.4, -0.2) is 30.3 Å². The van der Waals surface area contributed by atoms with Crippen LogP contribution in [0.15, 0.2) is 21.6 Å². The van der Waals surface area contributed by atoms with E-state index >= 15 is 0 Å². The highest BCUT2D eigenvalue weighted by molar-refractivity contribution is 7.89. The number of hydrogen-bond acceptors (Lipinski definition) is 6. The van der Waals surface area contributed by atoms with Crippen LogP contribution >= 0.6 is 11.3 Å². The van der Waals surface area contributed by atoms with Gasteiger partial charge in [0.05, 0.1) is 15.5 Å². The van der Waals surface area contributed by atoms with Gasteiger partial charge < -0.3 is 4.52 Å². The summed E-state index contributed by atoms with van der Waals surface area (Å²) in [7, 11) is -3.55. The molecule has 0 aliphatic rings. The maximum atomic E-state index is 12.6. The van der Waals surface area contributed by atoms with Gasteiger partial charge in [-0.1, -0.05) is 5.16 Å². The Balaban J connectivity index is 1.66. The Kier molecular flexibility index (Phi) is 5.31. The van der Waals surface area contributed by atoms with Gasteiger partial charge in [-0.25, -0.2) is 13.1 Å². The van der Waals surface area contributed by atoms with E-state index < -0.39 is 10.0 Å². The Bertz CT molecular complexity index is 995. The van der Waals surface area contributed by atoms with E-state index in [1.165, 1.54) is 11.3 Å². The molecule has 0 bridgehead atoms. The summed E-state index contributed by atoms with van der Waals surface area (Å²) in [6.07, 6.45) is 1.40. The van der Waals surface area contributed by atoms with Crippen molar-refractivity contribution in [3.05, 3.63) is 39.7 Å². The van der Waals surface area contributed by atoms with Crippen LogP contribution in [0.3, 0.4) is 0 Å². The fourth-order valence-corrected chi connectivity index (χ4v) is 5.43. The lowest BCUT2D eigenvalue weighted by Gasteiger charge is -2.06. The summed E-state index contributed by atoms with van der Waals surface area (Å²) < 4.78 is 33.1. The molecule has 2 N–H and O–H groups in total. The first-order valence-corrected chi connectivity index (χ1v) is 10.6. The van der Waals surface area contributed by atoms with Gasteiger partial charge in [0.1, 0.15) is 11.5 Å². The summed E-state index contributed by atoms with van der Waals surface area (Å²) in [5.41, 5.74) is 3.61. The molecule has 0 aliphatic heterocycles. The van der Waals surface area contributed by atoms with Gasteiger partial charge in [-0.2, -0.15) is 5.10 Å². The van der Waals surface area contributed by atoms with Crippen LogP contribution in [-0.2, 0) is 16.4 Å². The third-order valence-electron chi connectivity index (χ3n) is 4.20. The molecule has 140 valence electrons. The number of aromatic amines is 1. The van der Waals surface area contributed by atoms with Gasteiger partial charge in [-0.3, -0.25) is 5.10 Å². The highest BCUT2D eigenvalue weighted by atomic mass is 32.2. The summed E-state index contributed by atoms with van der Waals surface area (Å²) in [4.78, 5) is 1.90. The van der Waals surface area contributed by atoms with Crippen LogP contribution < -0.4 is 4.72 Å². The van der Waals surface area contributed by atoms with Crippen molar-refractivity contribution >= 4 is 21.4 Å². The fraction of sp³-hybridized carbons (Fsp3) is 0.412. The monoisotopic (exact) mass is 394 g/mol. The van der Waals surface area contributed by atoms with Gasteiger partial charge in [0.2, 0.25) is 10.0 Å². The Labute approximate surface area is 156 Å². The minimum absolute atomic E-state index is 0.315. The SMILES string of the molecule is Cc1cc(-c2cc(S(=O)(=O)NCCCc3c(C)noc3C)c(C)s2)n[nH]1. The van der Waals surface area contributed by atoms with Crippen LogP contribution in [0, 0.1) is 27.7 Å². The van der Waals surface area contributed by atoms with Crippen LogP contribution in [0.2, 0.25) is 0 Å². The second kappa shape index (κ2) is 7.34. The molecule has 3 heterocycles. The summed E-state index contributed by atoms with van der Waals surface area (Å²) >= 11 is 1.43. The molecule has 9 heteroatoms. The Hall–Kier alpha value is -1.97. The first-order valence-electron chi connectivity index (χ1n) is 8.32. The number of nitrogens with one attached hydrogen (secondary N) is 2. The zero-order valence-corrected chi connectivity index (χ0v) is 16.8. The summed E-state index contributed by atoms with van der Waals surface area (Å²) in [6.45, 7) is 7.84. The van der Waals surface area contributed by atoms with Gasteiger partial charge in [-0.15, -0.1) is 11.3 Å². The minimum Gasteiger partial charge on any atom is -0.361 e. The lowest BCUT2D eigenvalue weighted by Crippen LogP contribution is -2.25. The third kappa shape index (κ3) is 3.89. The van der Waals surface area contributed by atoms with Crippen molar-refractivity contribution in [2.45, 2.75) is 45.4 Å². The molecular formula is C17H22N4O3S2. The lowest BCUT2D eigenvalue weighted by atomic mass is 10.1. The van der Waals surface area contributed by atoms with Crippen LogP contribution in [0.1, 0.15) is 34.0 Å². The highest BCUT2D eigenvalue weighted by Crippen LogP contribution is 2.32. The average Bonchev–Trinajstić information content (AvgIpc) is 3.25. The maximum absolute atomic E-state index is 12.6. The molecule has 0 saturated carbocycles. The van der Waals surface area contributed by atoms with Crippen molar-refractivity contribution in [2.24, 2.45) is 0 Å². The zero-order valence-electron chi connectivity index (χ0n) is 15.2. The smallest absolute Gasteiger partial charge is 0.241 e. The topological polar surface area (TPSA) is 101 Å². The van der Waals surface area contributed by atoms with E-state index in [9.17, 15) is 8.42 Å². The van der Waals surface area contributed by atoms with Crippen molar-refractivity contribution in [1.82, 2.24) is 20.1 Å². The van der Waals surface area contributed by atoms with E-state index in [0.29, 0.717) is 17.9 Å². The molecule has 0 radical (unpaired) electrons. The van der Waals surface area contributed by atoms with Gasteiger partial charge in [0, 0.05) is 22.7 Å². The molecule has 0 saturated heterocycles. The molecule has 0 fully saturated rings. The van der Waals surface area contributed by atoms with E-state index in [1.807, 2.05) is 33.8 Å². The number of thiophene rings is 1. The Morgan fingerprint density at radius 1 is 1.23 bits per heavy atom. The van der Waals surface area contributed by atoms with Gasteiger partial charge in [0.15, 0.2) is 0 Å². The molecule has 26 heavy (non-hydrogen) atoms. The largest absolute Gasteiger partial charge is 0.361 e. The predicted octanol–water partition coefficient (Wildman–Crippen LogP) is 3.27. The minimum atomic E-state index is -3.55. The number of H-pyrrole nitrogens is 1. The third-order valence-corrected chi connectivity index (χ3v) is 6.99. The molecule has 0 aromatic carbocycles. The van der Waals surface area contributed by atoms with Gasteiger partial charge in [-0.05, 0) is 52.7 Å². The number of aromatic nitrogens is 3. The van der Waals surface area contributed by atoms with E-state index in [1.54, 1.807) is 6.07 Å². The number of hydrogen-bond donors (Lipinski definition) is 2. The van der Waals surface area contributed by atoms with Crippen molar-refractivity contribution in [3.63, 3.8) is 0 Å². The summed E-state index contributed by atoms with van der Waals surface area (Å²) in [6, 6.07) is 3.59. The molecule has 3 aromatic rings. The standard InChI is InChI=1S/C17H22N4O3S2/c1-10-8-15(20-19-10)16-9-17(13(4)25-16)26(22,23)18-7-5-6-14-11(2)21-24-12(14)3/h8-9,18H,5-7H2,1-4H3,(H,19,20). The van der Waals surface area contributed by atoms with E-state index in [4.69, 9.17) is 4.52 Å². The first-order chi connectivity index (χ1) is 12.3. The van der Waals surface area contributed by atoms with Crippen molar-refractivity contribution in [1.29, 1.82) is 0 Å². The van der Waals surface area contributed by atoms with E-state index in [0.717, 1.165) is 44.6 Å². The van der Waals surface area contributed by atoms with Crippen molar-refractivity contribution in [2.75, 3.05) is 6.54 Å². The van der Waals surface area contributed by atoms with Gasteiger partial charge in [0.25, 0.3) is 0 Å². The Morgan fingerprint density at radius 3 is 2.62 bits per heavy atom. The first kappa shape index (κ1) is 18.8. The van der Waals surface area contributed by atoms with E-state index in [-0.39, 0.29) is 0 Å². The highest BCUT2D eigenvalue weighted by Gasteiger charge is 2.21. The zero-order chi connectivity index (χ0) is 18.9. The number of aryl methyl sites for hydroxylation is 4. The quantitative estimate of drug-likeness (QED) is 0.599. The molecule has 0 spiro atoms. The number of sulfonamides is 1. The number of rotatable bonds is 7. The summed E-state index contributed by atoms with van der Waals surface area (Å²) in [5, 5.41) is 11.0. The molecular weight excluding hydrogens is 372 g/mol. The second-order valence-corrected chi connectivity index (χ2v) is 9.26. The molecule has 3 aromatic heterocycles. The van der Waals surface area contributed by atoms with Gasteiger partial charge >= 0.3 is 0 Å². The van der Waals surface area contributed by atoms with Crippen LogP contribution in [0.5, 0.6) is 0 Å². The molecule has 7 nitrogen and oxygen atoms in total. The molecule has 3 rings (SSSR count). The molecule has 0 unspecified atom stereocenters. The molecule has 0 amide bonds. The fourth-order valence-electron chi connectivity index (χ4n) is 2.81. The normalized spacial score (nSPS) is 12.0. The molecule has 0 aliphatic carbocycles.